The lowest BCUT2D eigenvalue weighted by Crippen LogP contribution is -2.53. The van der Waals surface area contributed by atoms with Gasteiger partial charge in [0.25, 0.3) is 5.91 Å². The molecule has 32 heavy (non-hydrogen) atoms. The zero-order chi connectivity index (χ0) is 22.8. The van der Waals surface area contributed by atoms with Crippen LogP contribution in [0.2, 0.25) is 0 Å². The van der Waals surface area contributed by atoms with E-state index in [0.29, 0.717) is 69.6 Å². The van der Waals surface area contributed by atoms with Gasteiger partial charge < -0.3 is 24.0 Å². The summed E-state index contributed by atoms with van der Waals surface area (Å²) in [5, 5.41) is 0. The molecule has 3 rings (SSSR count). The van der Waals surface area contributed by atoms with E-state index >= 15 is 0 Å². The number of ether oxygens (including phenoxy) is 3. The third-order valence-corrected chi connectivity index (χ3v) is 6.05. The van der Waals surface area contributed by atoms with Crippen LogP contribution in [0.25, 0.3) is 0 Å². The summed E-state index contributed by atoms with van der Waals surface area (Å²) in [7, 11) is 1.59. The topological polar surface area (TPSA) is 71.6 Å². The zero-order valence-corrected chi connectivity index (χ0v) is 19.5. The van der Waals surface area contributed by atoms with Gasteiger partial charge in [0, 0.05) is 44.8 Å². The molecular formula is C24H37N3O5. The number of amides is 2. The number of nitrogens with zero attached hydrogens (tertiary/aromatic N) is 3. The Morgan fingerprint density at radius 1 is 0.938 bits per heavy atom. The minimum atomic E-state index is -0.0434. The standard InChI is InChI=1S/C24H37N3O5/c1-3-4-5-6-15-32-21-8-7-20(18-22(21)30-2)24(29)27-11-9-26(10-12-27)23(28)19-25-13-16-31-17-14-25/h7-8,18H,3-6,9-17,19H2,1-2H3. The number of carbonyl (C=O) groups is 2. The second-order valence-electron chi connectivity index (χ2n) is 8.34. The molecule has 8 nitrogen and oxygen atoms in total. The first-order chi connectivity index (χ1) is 15.6. The maximum Gasteiger partial charge on any atom is 0.254 e. The molecule has 0 radical (unpaired) electrons. The number of hydrogen-bond donors (Lipinski definition) is 0. The van der Waals surface area contributed by atoms with Gasteiger partial charge in [0.1, 0.15) is 0 Å². The normalized spacial score (nSPS) is 17.3. The SMILES string of the molecule is CCCCCCOc1ccc(C(=O)N2CCN(C(=O)CN3CCOCC3)CC2)cc1OC. The van der Waals surface area contributed by atoms with Crippen LogP contribution in [0, 0.1) is 0 Å². The lowest BCUT2D eigenvalue weighted by Gasteiger charge is -2.36. The first-order valence-electron chi connectivity index (χ1n) is 11.8. The van der Waals surface area contributed by atoms with Gasteiger partial charge in [-0.1, -0.05) is 26.2 Å². The molecule has 2 amide bonds. The lowest BCUT2D eigenvalue weighted by molar-refractivity contribution is -0.134. The Morgan fingerprint density at radius 2 is 1.66 bits per heavy atom. The van der Waals surface area contributed by atoms with Crippen LogP contribution in [0.4, 0.5) is 0 Å². The van der Waals surface area contributed by atoms with Gasteiger partial charge in [0.15, 0.2) is 11.5 Å². The molecule has 0 spiro atoms. The molecule has 2 aliphatic rings. The van der Waals surface area contributed by atoms with E-state index in [2.05, 4.69) is 11.8 Å². The minimum Gasteiger partial charge on any atom is -0.493 e. The van der Waals surface area contributed by atoms with E-state index in [-0.39, 0.29) is 11.8 Å². The molecular weight excluding hydrogens is 410 g/mol. The van der Waals surface area contributed by atoms with E-state index in [9.17, 15) is 9.59 Å². The van der Waals surface area contributed by atoms with Crippen molar-refractivity contribution in [1.82, 2.24) is 14.7 Å². The number of morpholine rings is 1. The maximum atomic E-state index is 13.0. The Labute approximate surface area is 191 Å². The predicted octanol–water partition coefficient (Wildman–Crippen LogP) is 2.27. The number of benzene rings is 1. The highest BCUT2D eigenvalue weighted by Gasteiger charge is 2.26. The van der Waals surface area contributed by atoms with Gasteiger partial charge >= 0.3 is 0 Å². The van der Waals surface area contributed by atoms with Gasteiger partial charge in [-0.05, 0) is 24.6 Å². The van der Waals surface area contributed by atoms with Crippen LogP contribution in [0.5, 0.6) is 11.5 Å². The molecule has 1 aromatic rings. The highest BCUT2D eigenvalue weighted by Crippen LogP contribution is 2.29. The predicted molar refractivity (Wildman–Crippen MR) is 122 cm³/mol. The first kappa shape index (κ1) is 24.3. The fraction of sp³-hybridized carbons (Fsp3) is 0.667. The molecule has 0 saturated carbocycles. The van der Waals surface area contributed by atoms with E-state index < -0.39 is 0 Å². The molecule has 1 aromatic carbocycles. The fourth-order valence-electron chi connectivity index (χ4n) is 4.02. The number of unbranched alkanes of at least 4 members (excludes halogenated alkanes) is 3. The molecule has 178 valence electrons. The average molecular weight is 448 g/mol. The van der Waals surface area contributed by atoms with Crippen molar-refractivity contribution in [1.29, 1.82) is 0 Å². The van der Waals surface area contributed by atoms with Crippen LogP contribution in [0.15, 0.2) is 18.2 Å². The number of carbonyl (C=O) groups excluding carboxylic acids is 2. The summed E-state index contributed by atoms with van der Waals surface area (Å²) in [4.78, 5) is 31.4. The van der Waals surface area contributed by atoms with Crippen LogP contribution in [0.3, 0.4) is 0 Å². The second kappa shape index (κ2) is 12.6. The van der Waals surface area contributed by atoms with E-state index in [1.165, 1.54) is 12.8 Å². The van der Waals surface area contributed by atoms with Crippen molar-refractivity contribution in [2.24, 2.45) is 0 Å². The second-order valence-corrected chi connectivity index (χ2v) is 8.34. The van der Waals surface area contributed by atoms with Gasteiger partial charge in [-0.25, -0.2) is 0 Å². The van der Waals surface area contributed by atoms with Crippen molar-refractivity contribution in [3.05, 3.63) is 23.8 Å². The molecule has 0 aromatic heterocycles. The molecule has 2 aliphatic heterocycles. The summed E-state index contributed by atoms with van der Waals surface area (Å²) in [6, 6.07) is 5.36. The van der Waals surface area contributed by atoms with E-state index in [4.69, 9.17) is 14.2 Å². The van der Waals surface area contributed by atoms with E-state index in [1.807, 2.05) is 11.0 Å². The molecule has 0 atom stereocenters. The van der Waals surface area contributed by atoms with Crippen LogP contribution in [-0.2, 0) is 9.53 Å². The third-order valence-electron chi connectivity index (χ3n) is 6.05. The van der Waals surface area contributed by atoms with Crippen molar-refractivity contribution in [2.75, 3.05) is 72.7 Å². The molecule has 2 fully saturated rings. The average Bonchev–Trinajstić information content (AvgIpc) is 2.84. The van der Waals surface area contributed by atoms with Crippen molar-refractivity contribution >= 4 is 11.8 Å². The van der Waals surface area contributed by atoms with Crippen LogP contribution in [0.1, 0.15) is 43.0 Å². The maximum absolute atomic E-state index is 13.0. The highest BCUT2D eigenvalue weighted by molar-refractivity contribution is 5.95. The molecule has 2 heterocycles. The summed E-state index contributed by atoms with van der Waals surface area (Å²) in [6.45, 7) is 8.40. The third kappa shape index (κ3) is 6.84. The molecule has 0 unspecified atom stereocenters. The quantitative estimate of drug-likeness (QED) is 0.513. The zero-order valence-electron chi connectivity index (χ0n) is 19.5. The smallest absolute Gasteiger partial charge is 0.254 e. The van der Waals surface area contributed by atoms with Crippen molar-refractivity contribution in [3.63, 3.8) is 0 Å². The largest absolute Gasteiger partial charge is 0.493 e. The monoisotopic (exact) mass is 447 g/mol. The summed E-state index contributed by atoms with van der Waals surface area (Å²) in [6.07, 6.45) is 4.55. The van der Waals surface area contributed by atoms with Gasteiger partial charge in [-0.2, -0.15) is 0 Å². The van der Waals surface area contributed by atoms with Gasteiger partial charge in [-0.3, -0.25) is 14.5 Å². The Morgan fingerprint density at radius 3 is 2.34 bits per heavy atom. The number of rotatable bonds is 10. The van der Waals surface area contributed by atoms with Gasteiger partial charge in [0.05, 0.1) is 33.5 Å². The Hall–Kier alpha value is -2.32. The summed E-state index contributed by atoms with van der Waals surface area (Å²) in [5.74, 6) is 1.32. The molecule has 0 N–H and O–H groups in total. The number of piperazine rings is 1. The number of methoxy groups -OCH3 is 1. The molecule has 8 heteroatoms. The summed E-state index contributed by atoms with van der Waals surface area (Å²) < 4.78 is 16.7. The highest BCUT2D eigenvalue weighted by atomic mass is 16.5. The Kier molecular flexibility index (Phi) is 9.62. The molecule has 0 aliphatic carbocycles. The van der Waals surface area contributed by atoms with Crippen molar-refractivity contribution in [3.8, 4) is 11.5 Å². The molecule has 0 bridgehead atoms. The van der Waals surface area contributed by atoms with Crippen LogP contribution < -0.4 is 9.47 Å². The Bertz CT molecular complexity index is 743. The van der Waals surface area contributed by atoms with Crippen molar-refractivity contribution < 1.29 is 23.8 Å². The van der Waals surface area contributed by atoms with Gasteiger partial charge in [-0.15, -0.1) is 0 Å². The lowest BCUT2D eigenvalue weighted by atomic mass is 10.1. The van der Waals surface area contributed by atoms with Crippen LogP contribution in [-0.4, -0.2) is 99.3 Å². The molecule has 2 saturated heterocycles. The minimum absolute atomic E-state index is 0.0434. The summed E-state index contributed by atoms with van der Waals surface area (Å²) >= 11 is 0. The first-order valence-corrected chi connectivity index (χ1v) is 11.8. The fourth-order valence-corrected chi connectivity index (χ4v) is 4.02. The van der Waals surface area contributed by atoms with Crippen molar-refractivity contribution in [2.45, 2.75) is 32.6 Å². The van der Waals surface area contributed by atoms with Crippen LogP contribution >= 0.6 is 0 Å². The van der Waals surface area contributed by atoms with E-state index in [0.717, 1.165) is 25.9 Å². The van der Waals surface area contributed by atoms with E-state index in [1.54, 1.807) is 24.1 Å². The Balaban J connectivity index is 1.49. The van der Waals surface area contributed by atoms with Gasteiger partial charge in [0.2, 0.25) is 5.91 Å². The summed E-state index contributed by atoms with van der Waals surface area (Å²) in [5.41, 5.74) is 0.577. The number of hydrogen-bond acceptors (Lipinski definition) is 6.